The van der Waals surface area contributed by atoms with Crippen LogP contribution in [0, 0.1) is 0 Å². The first kappa shape index (κ1) is 13.0. The van der Waals surface area contributed by atoms with Crippen molar-refractivity contribution in [1.82, 2.24) is 10.3 Å². The highest BCUT2D eigenvalue weighted by Gasteiger charge is 2.09. The molecule has 5 heteroatoms. The van der Waals surface area contributed by atoms with Crippen molar-refractivity contribution < 1.29 is 14.3 Å². The highest BCUT2D eigenvalue weighted by molar-refractivity contribution is 5.99. The fourth-order valence-electron chi connectivity index (χ4n) is 1.68. The van der Waals surface area contributed by atoms with Crippen molar-refractivity contribution in [3.05, 3.63) is 42.1 Å². The van der Waals surface area contributed by atoms with E-state index in [2.05, 4.69) is 10.3 Å². The molecule has 0 saturated heterocycles. The quantitative estimate of drug-likeness (QED) is 0.844. The minimum atomic E-state index is -0.446. The van der Waals surface area contributed by atoms with Crippen LogP contribution in [0.1, 0.15) is 17.3 Å². The molecule has 1 N–H and O–H groups in total. The summed E-state index contributed by atoms with van der Waals surface area (Å²) in [7, 11) is 0. The standard InChI is InChI=1S/C14H14N2O3/c1-2-19-13(17)9-16-14(18)11-5-6-12-10(8-11)4-3-7-15-12/h3-8H,2,9H2,1H3,(H,16,18). The monoisotopic (exact) mass is 258 g/mol. The highest BCUT2D eigenvalue weighted by Crippen LogP contribution is 2.13. The van der Waals surface area contributed by atoms with Crippen LogP contribution in [0.3, 0.4) is 0 Å². The Morgan fingerprint density at radius 2 is 2.16 bits per heavy atom. The van der Waals surface area contributed by atoms with E-state index < -0.39 is 5.97 Å². The number of ether oxygens (including phenoxy) is 1. The van der Waals surface area contributed by atoms with Crippen molar-refractivity contribution >= 4 is 22.8 Å². The summed E-state index contributed by atoms with van der Waals surface area (Å²) in [5.41, 5.74) is 1.31. The third-order valence-corrected chi connectivity index (χ3v) is 2.56. The third kappa shape index (κ3) is 3.28. The van der Waals surface area contributed by atoms with E-state index in [1.165, 1.54) is 0 Å². The molecule has 0 spiro atoms. The zero-order valence-corrected chi connectivity index (χ0v) is 10.6. The van der Waals surface area contributed by atoms with E-state index in [1.54, 1.807) is 31.3 Å². The number of nitrogens with one attached hydrogen (secondary N) is 1. The molecule has 1 aromatic carbocycles. The van der Waals surface area contributed by atoms with Crippen molar-refractivity contribution in [2.45, 2.75) is 6.92 Å². The van der Waals surface area contributed by atoms with Crippen molar-refractivity contribution in [2.24, 2.45) is 0 Å². The summed E-state index contributed by atoms with van der Waals surface area (Å²) in [6, 6.07) is 8.88. The zero-order chi connectivity index (χ0) is 13.7. The molecule has 5 nitrogen and oxygen atoms in total. The van der Waals surface area contributed by atoms with Gasteiger partial charge < -0.3 is 10.1 Å². The maximum absolute atomic E-state index is 11.9. The molecule has 0 saturated carbocycles. The van der Waals surface area contributed by atoms with Crippen LogP contribution in [0.25, 0.3) is 10.9 Å². The zero-order valence-electron chi connectivity index (χ0n) is 10.6. The molecule has 2 rings (SSSR count). The van der Waals surface area contributed by atoms with Gasteiger partial charge in [-0.3, -0.25) is 14.6 Å². The van der Waals surface area contributed by atoms with Gasteiger partial charge in [-0.1, -0.05) is 6.07 Å². The van der Waals surface area contributed by atoms with Gasteiger partial charge >= 0.3 is 5.97 Å². The summed E-state index contributed by atoms with van der Waals surface area (Å²) in [6.45, 7) is 1.89. The highest BCUT2D eigenvalue weighted by atomic mass is 16.5. The number of hydrogen-bond donors (Lipinski definition) is 1. The first-order valence-electron chi connectivity index (χ1n) is 5.99. The number of benzene rings is 1. The fourth-order valence-corrected chi connectivity index (χ4v) is 1.68. The second-order valence-electron chi connectivity index (χ2n) is 3.90. The largest absolute Gasteiger partial charge is 0.465 e. The SMILES string of the molecule is CCOC(=O)CNC(=O)c1ccc2ncccc2c1. The van der Waals surface area contributed by atoms with Gasteiger partial charge in [-0.25, -0.2) is 0 Å². The smallest absolute Gasteiger partial charge is 0.325 e. The van der Waals surface area contributed by atoms with E-state index in [0.717, 1.165) is 10.9 Å². The van der Waals surface area contributed by atoms with Gasteiger partial charge in [-0.15, -0.1) is 0 Å². The number of carbonyl (C=O) groups excluding carboxylic acids is 2. The number of carbonyl (C=O) groups is 2. The Labute approximate surface area is 110 Å². The lowest BCUT2D eigenvalue weighted by atomic mass is 10.1. The van der Waals surface area contributed by atoms with Gasteiger partial charge in [0, 0.05) is 17.1 Å². The summed E-state index contributed by atoms with van der Waals surface area (Å²) in [4.78, 5) is 27.2. The number of esters is 1. The van der Waals surface area contributed by atoms with E-state index >= 15 is 0 Å². The lowest BCUT2D eigenvalue weighted by Gasteiger charge is -2.05. The van der Waals surface area contributed by atoms with Gasteiger partial charge in [0.25, 0.3) is 5.91 Å². The molecular formula is C14H14N2O3. The predicted molar refractivity (Wildman–Crippen MR) is 70.7 cm³/mol. The van der Waals surface area contributed by atoms with Crippen LogP contribution in [-0.2, 0) is 9.53 Å². The summed E-state index contributed by atoms with van der Waals surface area (Å²) in [6.07, 6.45) is 1.70. The molecule has 0 atom stereocenters. The second-order valence-corrected chi connectivity index (χ2v) is 3.90. The Morgan fingerprint density at radius 1 is 1.32 bits per heavy atom. The first-order chi connectivity index (χ1) is 9.20. The molecule has 0 bridgehead atoms. The molecule has 1 aromatic heterocycles. The van der Waals surface area contributed by atoms with E-state index in [-0.39, 0.29) is 12.5 Å². The van der Waals surface area contributed by atoms with Crippen molar-refractivity contribution in [2.75, 3.05) is 13.2 Å². The number of aromatic nitrogens is 1. The normalized spacial score (nSPS) is 10.2. The Hall–Kier alpha value is -2.43. The number of rotatable bonds is 4. The van der Waals surface area contributed by atoms with Crippen LogP contribution in [-0.4, -0.2) is 30.0 Å². The predicted octanol–water partition coefficient (Wildman–Crippen LogP) is 1.53. The van der Waals surface area contributed by atoms with Crippen LogP contribution in [0.15, 0.2) is 36.5 Å². The van der Waals surface area contributed by atoms with Gasteiger partial charge in [0.05, 0.1) is 12.1 Å². The summed E-state index contributed by atoms with van der Waals surface area (Å²) < 4.78 is 4.73. The third-order valence-electron chi connectivity index (χ3n) is 2.56. The van der Waals surface area contributed by atoms with Crippen LogP contribution in [0.2, 0.25) is 0 Å². The van der Waals surface area contributed by atoms with Crippen molar-refractivity contribution in [1.29, 1.82) is 0 Å². The van der Waals surface area contributed by atoms with Crippen LogP contribution in [0.5, 0.6) is 0 Å². The minimum Gasteiger partial charge on any atom is -0.465 e. The number of nitrogens with zero attached hydrogens (tertiary/aromatic N) is 1. The molecule has 1 heterocycles. The number of fused-ring (bicyclic) bond motifs is 1. The molecule has 98 valence electrons. The van der Waals surface area contributed by atoms with Gasteiger partial charge in [-0.2, -0.15) is 0 Å². The molecule has 0 aliphatic carbocycles. The molecular weight excluding hydrogens is 244 g/mol. The first-order valence-corrected chi connectivity index (χ1v) is 5.99. The van der Waals surface area contributed by atoms with Gasteiger partial charge in [-0.05, 0) is 31.2 Å². The summed E-state index contributed by atoms with van der Waals surface area (Å²) in [5, 5.41) is 3.40. The molecule has 0 radical (unpaired) electrons. The van der Waals surface area contributed by atoms with Crippen LogP contribution >= 0.6 is 0 Å². The molecule has 1 amide bonds. The Bertz CT molecular complexity index is 610. The number of pyridine rings is 1. The minimum absolute atomic E-state index is 0.127. The fraction of sp³-hybridized carbons (Fsp3) is 0.214. The molecule has 19 heavy (non-hydrogen) atoms. The van der Waals surface area contributed by atoms with Gasteiger partial charge in [0.1, 0.15) is 6.54 Å². The molecule has 0 unspecified atom stereocenters. The second kappa shape index (κ2) is 5.95. The van der Waals surface area contributed by atoms with Crippen LogP contribution in [0.4, 0.5) is 0 Å². The average Bonchev–Trinajstić information content (AvgIpc) is 2.44. The molecule has 0 aliphatic heterocycles. The molecule has 2 aromatic rings. The lowest BCUT2D eigenvalue weighted by Crippen LogP contribution is -2.30. The summed E-state index contributed by atoms with van der Waals surface area (Å²) >= 11 is 0. The van der Waals surface area contributed by atoms with Gasteiger partial charge in [0.15, 0.2) is 0 Å². The van der Waals surface area contributed by atoms with E-state index in [1.807, 2.05) is 12.1 Å². The average molecular weight is 258 g/mol. The number of amides is 1. The summed E-state index contributed by atoms with van der Waals surface area (Å²) in [5.74, 6) is -0.753. The van der Waals surface area contributed by atoms with Gasteiger partial charge in [0.2, 0.25) is 0 Å². The maximum atomic E-state index is 11.9. The lowest BCUT2D eigenvalue weighted by molar-refractivity contribution is -0.141. The topological polar surface area (TPSA) is 68.3 Å². The molecule has 0 fully saturated rings. The van der Waals surface area contributed by atoms with Crippen molar-refractivity contribution in [3.63, 3.8) is 0 Å². The van der Waals surface area contributed by atoms with Crippen LogP contribution < -0.4 is 5.32 Å². The Balaban J connectivity index is 2.07. The maximum Gasteiger partial charge on any atom is 0.325 e. The van der Waals surface area contributed by atoms with Crippen molar-refractivity contribution in [3.8, 4) is 0 Å². The molecule has 0 aliphatic rings. The Morgan fingerprint density at radius 3 is 2.95 bits per heavy atom. The number of hydrogen-bond acceptors (Lipinski definition) is 4. The van der Waals surface area contributed by atoms with E-state index in [9.17, 15) is 9.59 Å². The Kier molecular flexibility index (Phi) is 4.07. The van der Waals surface area contributed by atoms with E-state index in [0.29, 0.717) is 12.2 Å². The van der Waals surface area contributed by atoms with E-state index in [4.69, 9.17) is 4.74 Å².